The molecule has 0 heterocycles. The first-order valence-corrected chi connectivity index (χ1v) is 8.27. The number of ketones is 1. The van der Waals surface area contributed by atoms with Crippen LogP contribution in [0.4, 0.5) is 0 Å². The minimum atomic E-state index is -0.926. The Bertz CT molecular complexity index is 576. The van der Waals surface area contributed by atoms with Gasteiger partial charge in [0.2, 0.25) is 0 Å². The molecular weight excluding hydrogens is 278 g/mol. The summed E-state index contributed by atoms with van der Waals surface area (Å²) in [6, 6.07) is 5.53. The predicted molar refractivity (Wildman–Crippen MR) is 84.2 cm³/mol. The smallest absolute Gasteiger partial charge is 0.305 e. The highest BCUT2D eigenvalue weighted by atomic mass is 16.4. The van der Waals surface area contributed by atoms with Gasteiger partial charge in [0, 0.05) is 11.6 Å². The first kappa shape index (κ1) is 15.2. The molecule has 3 rings (SSSR count). The molecule has 0 aliphatic heterocycles. The predicted octanol–water partition coefficient (Wildman–Crippen LogP) is 2.73. The van der Waals surface area contributed by atoms with Gasteiger partial charge in [0.15, 0.2) is 5.78 Å². The number of carboxylic acids is 1. The van der Waals surface area contributed by atoms with Crippen LogP contribution in [0.1, 0.15) is 60.0 Å². The maximum Gasteiger partial charge on any atom is 0.305 e. The summed E-state index contributed by atoms with van der Waals surface area (Å²) >= 11 is 0. The number of aliphatic carboxylic acids is 1. The Morgan fingerprint density at radius 3 is 2.59 bits per heavy atom. The number of rotatable bonds is 6. The van der Waals surface area contributed by atoms with Crippen molar-refractivity contribution < 1.29 is 14.7 Å². The third-order valence-electron chi connectivity index (χ3n) is 4.87. The second kappa shape index (κ2) is 6.61. The summed E-state index contributed by atoms with van der Waals surface area (Å²) in [5, 5.41) is 12.4. The number of fused-ring (bicyclic) bond motifs is 1. The maximum atomic E-state index is 12.7. The first-order chi connectivity index (χ1) is 10.6. The molecule has 4 nitrogen and oxygen atoms in total. The van der Waals surface area contributed by atoms with E-state index in [-0.39, 0.29) is 18.2 Å². The summed E-state index contributed by atoms with van der Waals surface area (Å²) < 4.78 is 0. The van der Waals surface area contributed by atoms with E-state index in [1.54, 1.807) is 0 Å². The average Bonchev–Trinajstić information content (AvgIpc) is 3.15. The standard InChI is InChI=1S/C18H23NO3/c20-17(21)11-16(19-15-6-1-2-7-15)18(22)14-9-8-12-4-3-5-13(12)10-14/h8-10,15-16,19H,1-7,11H2,(H,20,21). The van der Waals surface area contributed by atoms with Gasteiger partial charge in [-0.3, -0.25) is 9.59 Å². The molecule has 0 radical (unpaired) electrons. The van der Waals surface area contributed by atoms with Crippen LogP contribution in [0, 0.1) is 0 Å². The maximum absolute atomic E-state index is 12.7. The van der Waals surface area contributed by atoms with Crippen molar-refractivity contribution in [2.75, 3.05) is 0 Å². The van der Waals surface area contributed by atoms with Crippen molar-refractivity contribution in [3.8, 4) is 0 Å². The molecule has 0 spiro atoms. The van der Waals surface area contributed by atoms with Crippen LogP contribution in [0.15, 0.2) is 18.2 Å². The summed E-state index contributed by atoms with van der Waals surface area (Å²) in [4.78, 5) is 23.9. The van der Waals surface area contributed by atoms with Crippen molar-refractivity contribution in [3.05, 3.63) is 34.9 Å². The second-order valence-electron chi connectivity index (χ2n) is 6.50. The monoisotopic (exact) mass is 301 g/mol. The highest BCUT2D eigenvalue weighted by Crippen LogP contribution is 2.24. The van der Waals surface area contributed by atoms with Gasteiger partial charge in [-0.1, -0.05) is 25.0 Å². The number of nitrogens with one attached hydrogen (secondary N) is 1. The number of carbonyl (C=O) groups is 2. The Hall–Kier alpha value is -1.68. The summed E-state index contributed by atoms with van der Waals surface area (Å²) in [5.41, 5.74) is 3.23. The largest absolute Gasteiger partial charge is 0.481 e. The molecular formula is C18H23NO3. The topological polar surface area (TPSA) is 66.4 Å². The Kier molecular flexibility index (Phi) is 4.57. The van der Waals surface area contributed by atoms with E-state index in [0.717, 1.165) is 44.9 Å². The van der Waals surface area contributed by atoms with Gasteiger partial charge in [-0.05, 0) is 49.3 Å². The van der Waals surface area contributed by atoms with E-state index >= 15 is 0 Å². The molecule has 1 unspecified atom stereocenters. The molecule has 1 fully saturated rings. The molecule has 1 aromatic rings. The summed E-state index contributed by atoms with van der Waals surface area (Å²) in [6.07, 6.45) is 7.49. The molecule has 2 N–H and O–H groups in total. The fraction of sp³-hybridized carbons (Fsp3) is 0.556. The normalized spacial score (nSPS) is 19.1. The lowest BCUT2D eigenvalue weighted by Crippen LogP contribution is -2.43. The van der Waals surface area contributed by atoms with Crippen molar-refractivity contribution in [3.63, 3.8) is 0 Å². The van der Waals surface area contributed by atoms with Crippen molar-refractivity contribution in [1.29, 1.82) is 0 Å². The highest BCUT2D eigenvalue weighted by molar-refractivity contribution is 6.02. The number of carboxylic acid groups (broad SMARTS) is 1. The van der Waals surface area contributed by atoms with E-state index in [4.69, 9.17) is 5.11 Å². The minimum Gasteiger partial charge on any atom is -0.481 e. The van der Waals surface area contributed by atoms with Crippen molar-refractivity contribution in [2.24, 2.45) is 0 Å². The lowest BCUT2D eigenvalue weighted by molar-refractivity contribution is -0.137. The molecule has 118 valence electrons. The number of carbonyl (C=O) groups excluding carboxylic acids is 1. The molecule has 1 aromatic carbocycles. The molecule has 2 aliphatic rings. The number of aryl methyl sites for hydroxylation is 2. The zero-order valence-corrected chi connectivity index (χ0v) is 12.8. The van der Waals surface area contributed by atoms with Gasteiger partial charge >= 0.3 is 5.97 Å². The lowest BCUT2D eigenvalue weighted by atomic mass is 9.97. The SMILES string of the molecule is O=C(O)CC(NC1CCCC1)C(=O)c1ccc2c(c1)CCC2. The zero-order chi connectivity index (χ0) is 15.5. The lowest BCUT2D eigenvalue weighted by Gasteiger charge is -2.21. The number of Topliss-reactive ketones (excluding diaryl/α,β-unsaturated/α-hetero) is 1. The van der Waals surface area contributed by atoms with Crippen LogP contribution in [-0.2, 0) is 17.6 Å². The van der Waals surface area contributed by atoms with Crippen molar-refractivity contribution >= 4 is 11.8 Å². The first-order valence-electron chi connectivity index (χ1n) is 8.27. The van der Waals surface area contributed by atoms with Gasteiger partial charge in [-0.15, -0.1) is 0 Å². The molecule has 4 heteroatoms. The summed E-state index contributed by atoms with van der Waals surface area (Å²) in [5.74, 6) is -1.01. The van der Waals surface area contributed by atoms with Crippen LogP contribution in [0.5, 0.6) is 0 Å². The van der Waals surface area contributed by atoms with E-state index in [1.807, 2.05) is 18.2 Å². The van der Waals surface area contributed by atoms with Crippen molar-refractivity contribution in [1.82, 2.24) is 5.32 Å². The minimum absolute atomic E-state index is 0.0796. The number of hydrogen-bond donors (Lipinski definition) is 2. The molecule has 0 bridgehead atoms. The second-order valence-corrected chi connectivity index (χ2v) is 6.50. The quantitative estimate of drug-likeness (QED) is 0.793. The molecule has 0 amide bonds. The van der Waals surface area contributed by atoms with Crippen LogP contribution in [0.2, 0.25) is 0 Å². The third kappa shape index (κ3) is 3.38. The van der Waals surface area contributed by atoms with Gasteiger partial charge in [-0.2, -0.15) is 0 Å². The third-order valence-corrected chi connectivity index (χ3v) is 4.87. The van der Waals surface area contributed by atoms with Gasteiger partial charge in [-0.25, -0.2) is 0 Å². The molecule has 1 atom stereocenters. The van der Waals surface area contributed by atoms with Crippen LogP contribution < -0.4 is 5.32 Å². The molecule has 0 aromatic heterocycles. The Labute approximate surface area is 130 Å². The van der Waals surface area contributed by atoms with Crippen LogP contribution >= 0.6 is 0 Å². The van der Waals surface area contributed by atoms with Crippen molar-refractivity contribution in [2.45, 2.75) is 63.5 Å². The Morgan fingerprint density at radius 1 is 1.14 bits per heavy atom. The van der Waals surface area contributed by atoms with Crippen LogP contribution in [0.3, 0.4) is 0 Å². The Balaban J connectivity index is 1.76. The van der Waals surface area contributed by atoms with Gasteiger partial charge in [0.05, 0.1) is 12.5 Å². The Morgan fingerprint density at radius 2 is 1.86 bits per heavy atom. The van der Waals surface area contributed by atoms with Crippen LogP contribution in [0.25, 0.3) is 0 Å². The van der Waals surface area contributed by atoms with E-state index in [2.05, 4.69) is 5.32 Å². The van der Waals surface area contributed by atoms with E-state index < -0.39 is 12.0 Å². The molecule has 2 aliphatic carbocycles. The summed E-state index contributed by atoms with van der Waals surface area (Å²) in [7, 11) is 0. The number of benzene rings is 1. The van der Waals surface area contributed by atoms with Gasteiger partial charge in [0.1, 0.15) is 0 Å². The molecule has 0 saturated heterocycles. The van der Waals surface area contributed by atoms with Gasteiger partial charge in [0.25, 0.3) is 0 Å². The van der Waals surface area contributed by atoms with E-state index in [1.165, 1.54) is 11.1 Å². The molecule has 1 saturated carbocycles. The zero-order valence-electron chi connectivity index (χ0n) is 12.8. The average molecular weight is 301 g/mol. The fourth-order valence-electron chi connectivity index (χ4n) is 3.71. The van der Waals surface area contributed by atoms with E-state index in [9.17, 15) is 9.59 Å². The highest BCUT2D eigenvalue weighted by Gasteiger charge is 2.27. The van der Waals surface area contributed by atoms with Crippen LogP contribution in [-0.4, -0.2) is 28.9 Å². The number of hydrogen-bond acceptors (Lipinski definition) is 3. The fourth-order valence-corrected chi connectivity index (χ4v) is 3.71. The van der Waals surface area contributed by atoms with E-state index in [0.29, 0.717) is 5.56 Å². The molecule has 22 heavy (non-hydrogen) atoms. The van der Waals surface area contributed by atoms with Gasteiger partial charge < -0.3 is 10.4 Å². The summed E-state index contributed by atoms with van der Waals surface area (Å²) in [6.45, 7) is 0.